The maximum atomic E-state index is 13.1. The Labute approximate surface area is 208 Å². The predicted molar refractivity (Wildman–Crippen MR) is 140 cm³/mol. The van der Waals surface area contributed by atoms with E-state index >= 15 is 0 Å². The van der Waals surface area contributed by atoms with E-state index in [1.54, 1.807) is 62.4 Å². The molecule has 1 aliphatic heterocycles. The number of hydrogen-bond acceptors (Lipinski definition) is 6. The molecule has 3 rings (SSSR count). The second kappa shape index (κ2) is 12.0. The quantitative estimate of drug-likeness (QED) is 0.536. The zero-order chi connectivity index (χ0) is 25.4. The maximum absolute atomic E-state index is 13.1. The molecule has 1 N–H and O–H groups in total. The molecule has 1 aliphatic rings. The molecular weight excluding hydrogens is 462 g/mol. The minimum absolute atomic E-state index is 0.156. The van der Waals surface area contributed by atoms with E-state index in [1.807, 2.05) is 0 Å². The largest absolute Gasteiger partial charge is 0.367 e. The van der Waals surface area contributed by atoms with Gasteiger partial charge in [0.2, 0.25) is 15.9 Å². The first-order chi connectivity index (χ1) is 16.8. The summed E-state index contributed by atoms with van der Waals surface area (Å²) in [6.07, 6.45) is 3.07. The van der Waals surface area contributed by atoms with Crippen LogP contribution in [0.2, 0.25) is 0 Å². The van der Waals surface area contributed by atoms with Crippen LogP contribution in [0.1, 0.15) is 31.9 Å². The van der Waals surface area contributed by atoms with Crippen LogP contribution in [-0.2, 0) is 14.8 Å². The summed E-state index contributed by atoms with van der Waals surface area (Å²) in [5, 5.41) is 11.8. The summed E-state index contributed by atoms with van der Waals surface area (Å²) in [6, 6.07) is 13.9. The van der Waals surface area contributed by atoms with Gasteiger partial charge in [0.25, 0.3) is 0 Å². The Morgan fingerprint density at radius 2 is 1.71 bits per heavy atom. The number of amides is 1. The zero-order valence-electron chi connectivity index (χ0n) is 20.6. The minimum Gasteiger partial charge on any atom is -0.367 e. The van der Waals surface area contributed by atoms with E-state index in [0.29, 0.717) is 24.3 Å². The summed E-state index contributed by atoms with van der Waals surface area (Å²) in [6.45, 7) is 10.9. The predicted octanol–water partition coefficient (Wildman–Crippen LogP) is 3.38. The number of nitrogens with one attached hydrogen (secondary N) is 1. The lowest BCUT2D eigenvalue weighted by atomic mass is 10.1. The highest BCUT2D eigenvalue weighted by atomic mass is 32.2. The van der Waals surface area contributed by atoms with Gasteiger partial charge in [0.05, 0.1) is 27.9 Å². The van der Waals surface area contributed by atoms with Gasteiger partial charge in [-0.1, -0.05) is 32.9 Å². The number of benzene rings is 2. The number of carbonyl (C=O) groups excluding carboxylic acids is 1. The third-order valence-electron chi connectivity index (χ3n) is 6.20. The Balaban J connectivity index is 1.89. The summed E-state index contributed by atoms with van der Waals surface area (Å²) in [5.74, 6) is -0.361. The van der Waals surface area contributed by atoms with Gasteiger partial charge in [-0.15, -0.1) is 0 Å². The molecular formula is C26H33N5O3S. The number of nitriles is 1. The fourth-order valence-electron chi connectivity index (χ4n) is 4.08. The molecule has 0 aliphatic carbocycles. The average Bonchev–Trinajstić information content (AvgIpc) is 2.88. The first-order valence-corrected chi connectivity index (χ1v) is 13.4. The summed E-state index contributed by atoms with van der Waals surface area (Å²) in [5.41, 5.74) is 2.61. The molecule has 0 aromatic heterocycles. The lowest BCUT2D eigenvalue weighted by molar-refractivity contribution is -0.111. The van der Waals surface area contributed by atoms with E-state index in [1.165, 1.54) is 10.4 Å². The Bertz CT molecular complexity index is 1190. The van der Waals surface area contributed by atoms with E-state index < -0.39 is 10.0 Å². The van der Waals surface area contributed by atoms with Gasteiger partial charge < -0.3 is 15.1 Å². The molecule has 8 nitrogen and oxygen atoms in total. The highest BCUT2D eigenvalue weighted by Gasteiger charge is 2.25. The molecule has 186 valence electrons. The number of rotatable bonds is 9. The van der Waals surface area contributed by atoms with Crippen molar-refractivity contribution in [2.75, 3.05) is 56.0 Å². The summed E-state index contributed by atoms with van der Waals surface area (Å²) < 4.78 is 27.6. The monoisotopic (exact) mass is 495 g/mol. The SMILES string of the molecule is CCN1CCN(c2ccc(S(=O)(=O)N(CC)CC)cc2NC(=O)/C=C/c2ccc(C#N)cc2)CC1. The summed E-state index contributed by atoms with van der Waals surface area (Å²) >= 11 is 0. The molecule has 1 saturated heterocycles. The lowest BCUT2D eigenvalue weighted by Crippen LogP contribution is -2.46. The molecule has 2 aromatic rings. The third-order valence-corrected chi connectivity index (χ3v) is 8.24. The molecule has 1 amide bonds. The second-order valence-corrected chi connectivity index (χ2v) is 10.2. The van der Waals surface area contributed by atoms with Gasteiger partial charge in [-0.25, -0.2) is 8.42 Å². The molecule has 2 aromatic carbocycles. The van der Waals surface area contributed by atoms with Gasteiger partial charge in [0.15, 0.2) is 0 Å². The Kier molecular flexibility index (Phi) is 9.04. The van der Waals surface area contributed by atoms with E-state index in [-0.39, 0.29) is 10.8 Å². The van der Waals surface area contributed by atoms with Crippen molar-refractivity contribution in [3.8, 4) is 6.07 Å². The van der Waals surface area contributed by atoms with Gasteiger partial charge in [-0.2, -0.15) is 9.57 Å². The minimum atomic E-state index is -3.67. The number of carbonyl (C=O) groups is 1. The number of piperazine rings is 1. The molecule has 0 atom stereocenters. The highest BCUT2D eigenvalue weighted by Crippen LogP contribution is 2.31. The van der Waals surface area contributed by atoms with Crippen molar-refractivity contribution in [3.63, 3.8) is 0 Å². The van der Waals surface area contributed by atoms with Crippen LogP contribution < -0.4 is 10.2 Å². The third kappa shape index (κ3) is 6.48. The maximum Gasteiger partial charge on any atom is 0.248 e. The average molecular weight is 496 g/mol. The molecule has 1 fully saturated rings. The molecule has 0 spiro atoms. The van der Waals surface area contributed by atoms with Gasteiger partial charge >= 0.3 is 0 Å². The fourth-order valence-corrected chi connectivity index (χ4v) is 5.57. The topological polar surface area (TPSA) is 96.8 Å². The van der Waals surface area contributed by atoms with E-state index in [0.717, 1.165) is 44.0 Å². The number of sulfonamides is 1. The van der Waals surface area contributed by atoms with Crippen LogP contribution in [0.25, 0.3) is 6.08 Å². The Hall–Kier alpha value is -3.19. The van der Waals surface area contributed by atoms with Crippen LogP contribution >= 0.6 is 0 Å². The van der Waals surface area contributed by atoms with Crippen LogP contribution in [-0.4, -0.2) is 69.3 Å². The summed E-state index contributed by atoms with van der Waals surface area (Å²) in [7, 11) is -3.67. The van der Waals surface area contributed by atoms with Crippen LogP contribution in [0.15, 0.2) is 53.4 Å². The van der Waals surface area contributed by atoms with E-state index in [9.17, 15) is 13.2 Å². The van der Waals surface area contributed by atoms with Crippen LogP contribution in [0, 0.1) is 11.3 Å². The highest BCUT2D eigenvalue weighted by molar-refractivity contribution is 7.89. The number of hydrogen-bond donors (Lipinski definition) is 1. The molecule has 9 heteroatoms. The molecule has 0 unspecified atom stereocenters. The number of anilines is 2. The standard InChI is InChI=1S/C26H33N5O3S/c1-4-29-15-17-30(18-16-29)25-13-12-23(35(33,34)31(5-2)6-3)19-24(25)28-26(32)14-11-21-7-9-22(20-27)10-8-21/h7-14,19H,4-6,15-18H2,1-3H3,(H,28,32)/b14-11+. The number of nitrogens with zero attached hydrogens (tertiary/aromatic N) is 4. The van der Waals surface area contributed by atoms with Crippen molar-refractivity contribution < 1.29 is 13.2 Å². The van der Waals surface area contributed by atoms with Gasteiger partial charge in [0.1, 0.15) is 0 Å². The normalized spacial score (nSPS) is 14.9. The van der Waals surface area contributed by atoms with Crippen molar-refractivity contribution in [1.82, 2.24) is 9.21 Å². The van der Waals surface area contributed by atoms with Gasteiger partial charge in [0, 0.05) is 45.3 Å². The summed E-state index contributed by atoms with van der Waals surface area (Å²) in [4.78, 5) is 17.5. The van der Waals surface area contributed by atoms with Crippen molar-refractivity contribution in [2.24, 2.45) is 0 Å². The van der Waals surface area contributed by atoms with Crippen molar-refractivity contribution in [3.05, 3.63) is 59.7 Å². The van der Waals surface area contributed by atoms with Gasteiger partial charge in [-0.3, -0.25) is 4.79 Å². The van der Waals surface area contributed by atoms with Crippen LogP contribution in [0.3, 0.4) is 0 Å². The second-order valence-electron chi connectivity index (χ2n) is 8.25. The van der Waals surface area contributed by atoms with Crippen molar-refractivity contribution in [1.29, 1.82) is 5.26 Å². The molecule has 0 bridgehead atoms. The van der Waals surface area contributed by atoms with Crippen molar-refractivity contribution in [2.45, 2.75) is 25.7 Å². The Morgan fingerprint density at radius 1 is 1.06 bits per heavy atom. The molecule has 0 radical (unpaired) electrons. The zero-order valence-corrected chi connectivity index (χ0v) is 21.4. The smallest absolute Gasteiger partial charge is 0.248 e. The lowest BCUT2D eigenvalue weighted by Gasteiger charge is -2.36. The molecule has 1 heterocycles. The van der Waals surface area contributed by atoms with Crippen molar-refractivity contribution >= 4 is 33.4 Å². The number of likely N-dealkylation sites (N-methyl/N-ethyl adjacent to an activating group) is 1. The van der Waals surface area contributed by atoms with Crippen LogP contribution in [0.5, 0.6) is 0 Å². The van der Waals surface area contributed by atoms with E-state index in [4.69, 9.17) is 5.26 Å². The molecule has 35 heavy (non-hydrogen) atoms. The first kappa shape index (κ1) is 26.4. The Morgan fingerprint density at radius 3 is 2.29 bits per heavy atom. The molecule has 0 saturated carbocycles. The van der Waals surface area contributed by atoms with E-state index in [2.05, 4.69) is 28.1 Å². The van der Waals surface area contributed by atoms with Gasteiger partial charge in [-0.05, 0) is 48.5 Å². The first-order valence-electron chi connectivity index (χ1n) is 11.9. The van der Waals surface area contributed by atoms with Crippen LogP contribution in [0.4, 0.5) is 11.4 Å². The fraction of sp³-hybridized carbons (Fsp3) is 0.385.